The van der Waals surface area contributed by atoms with Crippen molar-refractivity contribution in [3.05, 3.63) is 65.7 Å². The minimum atomic E-state index is 0.0427. The van der Waals surface area contributed by atoms with Crippen LogP contribution in [0.15, 0.2) is 54.6 Å². The monoisotopic (exact) mass is 365 g/mol. The van der Waals surface area contributed by atoms with Crippen LogP contribution in [0.3, 0.4) is 0 Å². The van der Waals surface area contributed by atoms with Gasteiger partial charge in [0.15, 0.2) is 0 Å². The highest BCUT2D eigenvalue weighted by molar-refractivity contribution is 5.92. The fraction of sp³-hybridized carbons (Fsp3) is 0.348. The molecule has 27 heavy (non-hydrogen) atoms. The van der Waals surface area contributed by atoms with Gasteiger partial charge < -0.3 is 14.4 Å². The van der Waals surface area contributed by atoms with Crippen LogP contribution in [0.2, 0.25) is 0 Å². The van der Waals surface area contributed by atoms with Crippen LogP contribution in [0, 0.1) is 5.92 Å². The lowest BCUT2D eigenvalue weighted by molar-refractivity contribution is -0.127. The van der Waals surface area contributed by atoms with Crippen molar-refractivity contribution in [2.45, 2.75) is 19.3 Å². The lowest BCUT2D eigenvalue weighted by Gasteiger charge is -2.31. The van der Waals surface area contributed by atoms with Crippen LogP contribution in [0.5, 0.6) is 11.5 Å². The largest absolute Gasteiger partial charge is 0.496 e. The third-order valence-corrected chi connectivity index (χ3v) is 5.15. The lowest BCUT2D eigenvalue weighted by Crippen LogP contribution is -2.37. The number of piperidine rings is 1. The molecule has 0 aromatic heterocycles. The molecule has 0 bridgehead atoms. The van der Waals surface area contributed by atoms with E-state index in [9.17, 15) is 4.79 Å². The summed E-state index contributed by atoms with van der Waals surface area (Å²) in [6, 6.07) is 16.2. The second kappa shape index (κ2) is 9.26. The van der Waals surface area contributed by atoms with E-state index in [2.05, 4.69) is 24.3 Å². The fourth-order valence-corrected chi connectivity index (χ4v) is 3.61. The molecule has 1 amide bonds. The van der Waals surface area contributed by atoms with Crippen LogP contribution in [0.1, 0.15) is 24.0 Å². The SMILES string of the molecule is COc1cccc(OC)c1/C=C/C(=O)N1CCC(Cc2ccccc2)CC1. The minimum absolute atomic E-state index is 0.0427. The van der Waals surface area contributed by atoms with E-state index in [0.29, 0.717) is 17.4 Å². The molecule has 0 aliphatic carbocycles. The summed E-state index contributed by atoms with van der Waals surface area (Å²) in [4.78, 5) is 14.5. The Hall–Kier alpha value is -2.75. The van der Waals surface area contributed by atoms with Gasteiger partial charge in [0, 0.05) is 19.2 Å². The molecule has 0 N–H and O–H groups in total. The zero-order valence-electron chi connectivity index (χ0n) is 16.1. The van der Waals surface area contributed by atoms with E-state index in [-0.39, 0.29) is 5.91 Å². The van der Waals surface area contributed by atoms with Gasteiger partial charge in [0.05, 0.1) is 19.8 Å². The van der Waals surface area contributed by atoms with Crippen molar-refractivity contribution in [1.82, 2.24) is 4.90 Å². The molecule has 2 aromatic rings. The van der Waals surface area contributed by atoms with Crippen molar-refractivity contribution < 1.29 is 14.3 Å². The molecule has 3 rings (SSSR count). The first-order chi connectivity index (χ1) is 13.2. The second-order valence-corrected chi connectivity index (χ2v) is 6.87. The number of methoxy groups -OCH3 is 2. The van der Waals surface area contributed by atoms with E-state index in [1.807, 2.05) is 29.2 Å². The molecule has 1 aliphatic rings. The molecule has 1 aliphatic heterocycles. The van der Waals surface area contributed by atoms with Crippen molar-refractivity contribution in [1.29, 1.82) is 0 Å². The lowest BCUT2D eigenvalue weighted by atomic mass is 9.90. The Morgan fingerprint density at radius 2 is 1.63 bits per heavy atom. The van der Waals surface area contributed by atoms with Crippen LogP contribution < -0.4 is 9.47 Å². The number of amides is 1. The third kappa shape index (κ3) is 4.91. The molecule has 1 saturated heterocycles. The molecule has 0 saturated carbocycles. The van der Waals surface area contributed by atoms with Crippen LogP contribution >= 0.6 is 0 Å². The highest BCUT2D eigenvalue weighted by atomic mass is 16.5. The Bertz CT molecular complexity index is 755. The first-order valence-electron chi connectivity index (χ1n) is 9.43. The molecule has 4 heteroatoms. The van der Waals surface area contributed by atoms with Crippen molar-refractivity contribution in [2.75, 3.05) is 27.3 Å². The number of hydrogen-bond donors (Lipinski definition) is 0. The molecule has 0 radical (unpaired) electrons. The maximum atomic E-state index is 12.6. The summed E-state index contributed by atoms with van der Waals surface area (Å²) in [5.41, 5.74) is 2.17. The molecule has 142 valence electrons. The molecule has 0 spiro atoms. The van der Waals surface area contributed by atoms with Crippen LogP contribution in [0.4, 0.5) is 0 Å². The zero-order chi connectivity index (χ0) is 19.1. The normalized spacial score (nSPS) is 15.1. The predicted molar refractivity (Wildman–Crippen MR) is 108 cm³/mol. The predicted octanol–water partition coefficient (Wildman–Crippen LogP) is 4.20. The summed E-state index contributed by atoms with van der Waals surface area (Å²) in [7, 11) is 3.23. The number of nitrogens with zero attached hydrogens (tertiary/aromatic N) is 1. The van der Waals surface area contributed by atoms with Gasteiger partial charge in [-0.2, -0.15) is 0 Å². The molecule has 4 nitrogen and oxygen atoms in total. The van der Waals surface area contributed by atoms with E-state index in [0.717, 1.165) is 37.9 Å². The highest BCUT2D eigenvalue weighted by Gasteiger charge is 2.21. The Labute approximate surface area is 161 Å². The Morgan fingerprint density at radius 1 is 1.00 bits per heavy atom. The minimum Gasteiger partial charge on any atom is -0.496 e. The smallest absolute Gasteiger partial charge is 0.246 e. The highest BCUT2D eigenvalue weighted by Crippen LogP contribution is 2.29. The number of rotatable bonds is 6. The number of ether oxygens (including phenoxy) is 2. The number of benzene rings is 2. The topological polar surface area (TPSA) is 38.8 Å². The Kier molecular flexibility index (Phi) is 6.53. The van der Waals surface area contributed by atoms with E-state index < -0.39 is 0 Å². The Balaban J connectivity index is 1.58. The average molecular weight is 365 g/mol. The van der Waals surface area contributed by atoms with Gasteiger partial charge in [-0.25, -0.2) is 0 Å². The average Bonchev–Trinajstić information content (AvgIpc) is 2.73. The van der Waals surface area contributed by atoms with Crippen LogP contribution in [0.25, 0.3) is 6.08 Å². The maximum Gasteiger partial charge on any atom is 0.246 e. The zero-order valence-corrected chi connectivity index (χ0v) is 16.1. The first-order valence-corrected chi connectivity index (χ1v) is 9.43. The summed E-state index contributed by atoms with van der Waals surface area (Å²) in [5, 5.41) is 0. The number of carbonyl (C=O) groups is 1. The molecule has 1 heterocycles. The van der Waals surface area contributed by atoms with Gasteiger partial charge in [-0.1, -0.05) is 36.4 Å². The van der Waals surface area contributed by atoms with Gasteiger partial charge in [0.25, 0.3) is 0 Å². The number of carbonyl (C=O) groups excluding carboxylic acids is 1. The molecular formula is C23H27NO3. The van der Waals surface area contributed by atoms with Crippen molar-refractivity contribution in [3.63, 3.8) is 0 Å². The summed E-state index contributed by atoms with van der Waals surface area (Å²) < 4.78 is 10.8. The molecule has 0 atom stereocenters. The van der Waals surface area contributed by atoms with E-state index in [1.54, 1.807) is 26.4 Å². The van der Waals surface area contributed by atoms with E-state index >= 15 is 0 Å². The van der Waals surface area contributed by atoms with Gasteiger partial charge in [-0.3, -0.25) is 4.79 Å². The van der Waals surface area contributed by atoms with Crippen LogP contribution in [-0.2, 0) is 11.2 Å². The first kappa shape index (κ1) is 19.0. The fourth-order valence-electron chi connectivity index (χ4n) is 3.61. The maximum absolute atomic E-state index is 12.6. The third-order valence-electron chi connectivity index (χ3n) is 5.15. The summed E-state index contributed by atoms with van der Waals surface area (Å²) in [6.45, 7) is 1.62. The number of likely N-dealkylation sites (tertiary alicyclic amines) is 1. The van der Waals surface area contributed by atoms with E-state index in [4.69, 9.17) is 9.47 Å². The van der Waals surface area contributed by atoms with Crippen LogP contribution in [-0.4, -0.2) is 38.1 Å². The van der Waals surface area contributed by atoms with Crippen molar-refractivity contribution in [2.24, 2.45) is 5.92 Å². The quantitative estimate of drug-likeness (QED) is 0.720. The summed E-state index contributed by atoms with van der Waals surface area (Å²) >= 11 is 0. The summed E-state index contributed by atoms with van der Waals surface area (Å²) in [5.74, 6) is 2.08. The van der Waals surface area contributed by atoms with E-state index in [1.165, 1.54) is 5.56 Å². The van der Waals surface area contributed by atoms with Crippen molar-refractivity contribution in [3.8, 4) is 11.5 Å². The van der Waals surface area contributed by atoms with Gasteiger partial charge >= 0.3 is 0 Å². The Morgan fingerprint density at radius 3 is 2.22 bits per heavy atom. The molecule has 2 aromatic carbocycles. The number of hydrogen-bond acceptors (Lipinski definition) is 3. The van der Waals surface area contributed by atoms with Gasteiger partial charge in [0.2, 0.25) is 5.91 Å². The van der Waals surface area contributed by atoms with Gasteiger partial charge in [-0.15, -0.1) is 0 Å². The molecule has 1 fully saturated rings. The standard InChI is InChI=1S/C23H27NO3/c1-26-21-9-6-10-22(27-2)20(21)11-12-23(25)24-15-13-19(14-16-24)17-18-7-4-3-5-8-18/h3-12,19H,13-17H2,1-2H3/b12-11+. The second-order valence-electron chi connectivity index (χ2n) is 6.87. The molecular weight excluding hydrogens is 338 g/mol. The van der Waals surface area contributed by atoms with Crippen molar-refractivity contribution >= 4 is 12.0 Å². The summed E-state index contributed by atoms with van der Waals surface area (Å²) in [6.07, 6.45) is 6.60. The molecule has 0 unspecified atom stereocenters. The van der Waals surface area contributed by atoms with Gasteiger partial charge in [-0.05, 0) is 49.0 Å². The van der Waals surface area contributed by atoms with Gasteiger partial charge in [0.1, 0.15) is 11.5 Å².